The fraction of sp³-hybridized carbons (Fsp3) is 0.917. The molecule has 0 bridgehead atoms. The van der Waals surface area contributed by atoms with Gasteiger partial charge in [-0.1, -0.05) is 6.92 Å². The van der Waals surface area contributed by atoms with E-state index in [-0.39, 0.29) is 30.2 Å². The Kier molecular flexibility index (Phi) is 5.22. The molecule has 0 saturated carbocycles. The van der Waals surface area contributed by atoms with E-state index in [2.05, 4.69) is 0 Å². The molecule has 1 saturated heterocycles. The first-order chi connectivity index (χ1) is 7.52. The topological polar surface area (TPSA) is 61.5 Å². The third kappa shape index (κ3) is 4.10. The van der Waals surface area contributed by atoms with Gasteiger partial charge in [-0.25, -0.2) is 0 Å². The van der Waals surface area contributed by atoms with Crippen LogP contribution < -0.4 is 5.73 Å². The Morgan fingerprint density at radius 2 is 2.00 bits per heavy atom. The Hall–Kier alpha value is -0.610. The maximum Gasteiger partial charge on any atom is 0.308 e. The third-order valence-corrected chi connectivity index (χ3v) is 2.94. The van der Waals surface area contributed by atoms with Crippen molar-refractivity contribution in [3.8, 4) is 0 Å². The minimum absolute atomic E-state index is 0.00599. The summed E-state index contributed by atoms with van der Waals surface area (Å²) in [4.78, 5) is 11.7. The number of ether oxygens (including phenoxy) is 2. The Bertz CT molecular complexity index is 222. The largest absolute Gasteiger partial charge is 0.462 e. The third-order valence-electron chi connectivity index (χ3n) is 2.94. The van der Waals surface area contributed by atoms with Crippen molar-refractivity contribution >= 4 is 5.97 Å². The molecule has 1 aliphatic rings. The molecule has 0 spiro atoms. The summed E-state index contributed by atoms with van der Waals surface area (Å²) >= 11 is 0. The highest BCUT2D eigenvalue weighted by Crippen LogP contribution is 2.22. The van der Waals surface area contributed by atoms with Gasteiger partial charge in [0.25, 0.3) is 0 Å². The summed E-state index contributed by atoms with van der Waals surface area (Å²) in [7, 11) is 0. The second kappa shape index (κ2) is 6.21. The monoisotopic (exact) mass is 229 g/mol. The molecule has 1 aliphatic heterocycles. The van der Waals surface area contributed by atoms with E-state index in [0.717, 1.165) is 12.8 Å². The van der Waals surface area contributed by atoms with Gasteiger partial charge in [0.1, 0.15) is 6.10 Å². The van der Waals surface area contributed by atoms with Gasteiger partial charge in [0.05, 0.1) is 18.1 Å². The second-order valence-electron chi connectivity index (χ2n) is 4.77. The molecule has 3 atom stereocenters. The van der Waals surface area contributed by atoms with E-state index < -0.39 is 0 Å². The molecule has 94 valence electrons. The van der Waals surface area contributed by atoms with E-state index in [1.165, 1.54) is 0 Å². The molecule has 4 nitrogen and oxygen atoms in total. The van der Waals surface area contributed by atoms with Gasteiger partial charge in [-0.3, -0.25) is 4.79 Å². The molecule has 0 radical (unpaired) electrons. The fourth-order valence-corrected chi connectivity index (χ4v) is 2.09. The van der Waals surface area contributed by atoms with Gasteiger partial charge in [0.15, 0.2) is 0 Å². The van der Waals surface area contributed by atoms with Crippen molar-refractivity contribution in [2.75, 3.05) is 6.54 Å². The Labute approximate surface area is 97.5 Å². The van der Waals surface area contributed by atoms with Crippen LogP contribution in [0.25, 0.3) is 0 Å². The maximum atomic E-state index is 11.7. The summed E-state index contributed by atoms with van der Waals surface area (Å²) in [6.45, 7) is 6.41. The minimum atomic E-state index is -0.128. The predicted octanol–water partition coefficient (Wildman–Crippen LogP) is 1.47. The number of carbonyl (C=O) groups excluding carboxylic acids is 1. The summed E-state index contributed by atoms with van der Waals surface area (Å²) in [5, 5.41) is 0. The molecule has 0 amide bonds. The lowest BCUT2D eigenvalue weighted by Crippen LogP contribution is -2.36. The van der Waals surface area contributed by atoms with Crippen molar-refractivity contribution in [1.82, 2.24) is 0 Å². The predicted molar refractivity (Wildman–Crippen MR) is 62.0 cm³/mol. The first-order valence-electron chi connectivity index (χ1n) is 6.09. The van der Waals surface area contributed by atoms with E-state index in [4.69, 9.17) is 15.2 Å². The summed E-state index contributed by atoms with van der Waals surface area (Å²) in [6.07, 6.45) is 2.63. The number of esters is 1. The minimum Gasteiger partial charge on any atom is -0.462 e. The zero-order valence-corrected chi connectivity index (χ0v) is 10.4. The molecule has 2 N–H and O–H groups in total. The average Bonchev–Trinajstić information content (AvgIpc) is 2.16. The van der Waals surface area contributed by atoms with Crippen LogP contribution in [0.4, 0.5) is 0 Å². The molecular weight excluding hydrogens is 206 g/mol. The van der Waals surface area contributed by atoms with E-state index >= 15 is 0 Å². The number of carbonyl (C=O) groups is 1. The molecular formula is C12H23NO3. The first-order valence-corrected chi connectivity index (χ1v) is 6.09. The molecule has 1 fully saturated rings. The Morgan fingerprint density at radius 1 is 1.44 bits per heavy atom. The van der Waals surface area contributed by atoms with Gasteiger partial charge in [0.2, 0.25) is 0 Å². The fourth-order valence-electron chi connectivity index (χ4n) is 2.09. The normalized spacial score (nSPS) is 32.1. The standard InChI is InChI=1S/C12H23NO3/c1-8(4-5-13)12(14)16-11-6-9(2)15-10(3)7-11/h8-11H,4-7,13H2,1-3H3. The molecule has 1 rings (SSSR count). The quantitative estimate of drug-likeness (QED) is 0.742. The van der Waals surface area contributed by atoms with E-state index in [0.29, 0.717) is 13.0 Å². The van der Waals surface area contributed by atoms with Crippen molar-refractivity contribution in [3.05, 3.63) is 0 Å². The maximum absolute atomic E-state index is 11.7. The van der Waals surface area contributed by atoms with Crippen molar-refractivity contribution in [2.24, 2.45) is 11.7 Å². The molecule has 3 unspecified atom stereocenters. The van der Waals surface area contributed by atoms with Crippen molar-refractivity contribution in [1.29, 1.82) is 0 Å². The zero-order valence-electron chi connectivity index (χ0n) is 10.4. The SMILES string of the molecule is CC1CC(OC(=O)C(C)CCN)CC(C)O1. The molecule has 0 aromatic carbocycles. The molecule has 1 heterocycles. The second-order valence-corrected chi connectivity index (χ2v) is 4.77. The average molecular weight is 229 g/mol. The van der Waals surface area contributed by atoms with Gasteiger partial charge in [-0.15, -0.1) is 0 Å². The van der Waals surface area contributed by atoms with Crippen LogP contribution >= 0.6 is 0 Å². The summed E-state index contributed by atoms with van der Waals surface area (Å²) in [6, 6.07) is 0. The van der Waals surface area contributed by atoms with Gasteiger partial charge < -0.3 is 15.2 Å². The highest BCUT2D eigenvalue weighted by molar-refractivity contribution is 5.72. The molecule has 0 aliphatic carbocycles. The van der Waals surface area contributed by atoms with Gasteiger partial charge in [-0.05, 0) is 26.8 Å². The highest BCUT2D eigenvalue weighted by Gasteiger charge is 2.28. The van der Waals surface area contributed by atoms with Crippen molar-refractivity contribution in [2.45, 2.75) is 58.3 Å². The lowest BCUT2D eigenvalue weighted by molar-refractivity contribution is -0.163. The molecule has 4 heteroatoms. The van der Waals surface area contributed by atoms with Crippen LogP contribution in [0, 0.1) is 5.92 Å². The summed E-state index contributed by atoms with van der Waals surface area (Å²) in [5.74, 6) is -0.227. The van der Waals surface area contributed by atoms with E-state index in [9.17, 15) is 4.79 Å². The number of hydrogen-bond acceptors (Lipinski definition) is 4. The van der Waals surface area contributed by atoms with Crippen LogP contribution in [0.5, 0.6) is 0 Å². The number of rotatable bonds is 4. The van der Waals surface area contributed by atoms with Gasteiger partial charge in [0, 0.05) is 12.8 Å². The molecule has 0 aromatic heterocycles. The Balaban J connectivity index is 2.38. The number of nitrogens with two attached hydrogens (primary N) is 1. The highest BCUT2D eigenvalue weighted by atomic mass is 16.6. The van der Waals surface area contributed by atoms with Crippen LogP contribution in [-0.2, 0) is 14.3 Å². The van der Waals surface area contributed by atoms with Crippen LogP contribution in [0.1, 0.15) is 40.0 Å². The summed E-state index contributed by atoms with van der Waals surface area (Å²) < 4.78 is 11.1. The van der Waals surface area contributed by atoms with E-state index in [1.54, 1.807) is 0 Å². The van der Waals surface area contributed by atoms with E-state index in [1.807, 2.05) is 20.8 Å². The molecule has 16 heavy (non-hydrogen) atoms. The molecule has 0 aromatic rings. The van der Waals surface area contributed by atoms with Crippen LogP contribution in [0.2, 0.25) is 0 Å². The van der Waals surface area contributed by atoms with Crippen LogP contribution in [0.3, 0.4) is 0 Å². The zero-order chi connectivity index (χ0) is 12.1. The Morgan fingerprint density at radius 3 is 2.50 bits per heavy atom. The smallest absolute Gasteiger partial charge is 0.308 e. The lowest BCUT2D eigenvalue weighted by Gasteiger charge is -2.32. The van der Waals surface area contributed by atoms with Gasteiger partial charge >= 0.3 is 5.97 Å². The summed E-state index contributed by atoms with van der Waals surface area (Å²) in [5.41, 5.74) is 5.42. The van der Waals surface area contributed by atoms with Crippen molar-refractivity contribution < 1.29 is 14.3 Å². The van der Waals surface area contributed by atoms with Crippen LogP contribution in [0.15, 0.2) is 0 Å². The van der Waals surface area contributed by atoms with Gasteiger partial charge in [-0.2, -0.15) is 0 Å². The van der Waals surface area contributed by atoms with Crippen molar-refractivity contribution in [3.63, 3.8) is 0 Å². The van der Waals surface area contributed by atoms with Crippen LogP contribution in [-0.4, -0.2) is 30.8 Å². The first kappa shape index (κ1) is 13.5. The lowest BCUT2D eigenvalue weighted by atomic mass is 10.0. The number of hydrogen-bond donors (Lipinski definition) is 1.